The van der Waals surface area contributed by atoms with Gasteiger partial charge >= 0.3 is 0 Å². The molecule has 4 aromatic heterocycles. The highest BCUT2D eigenvalue weighted by atomic mass is 28.3. The highest BCUT2D eigenvalue weighted by Gasteiger charge is 2.30. The van der Waals surface area contributed by atoms with E-state index in [2.05, 4.69) is 109 Å². The first-order valence-electron chi connectivity index (χ1n) is 12.7. The van der Waals surface area contributed by atoms with Crippen molar-refractivity contribution in [3.63, 3.8) is 0 Å². The second-order valence-corrected chi connectivity index (χ2v) is 19.4. The Morgan fingerprint density at radius 3 is 1.46 bits per heavy atom. The van der Waals surface area contributed by atoms with Crippen LogP contribution in [0.15, 0.2) is 110 Å². The van der Waals surface area contributed by atoms with Crippen LogP contribution in [0.5, 0.6) is 0 Å². The number of fused-ring (bicyclic) bond motifs is 3. The first-order valence-corrected chi connectivity index (χ1v) is 18.7. The molecular weight excluding hydrogens is 485 g/mol. The van der Waals surface area contributed by atoms with E-state index in [0.717, 1.165) is 5.69 Å². The smallest absolute Gasteiger partial charge is 0.135 e. The molecule has 4 heterocycles. The maximum Gasteiger partial charge on any atom is 0.135 e. The summed E-state index contributed by atoms with van der Waals surface area (Å²) in [6, 6.07) is 30.8. The largest absolute Gasteiger partial charge is 0.309 e. The van der Waals surface area contributed by atoms with Crippen molar-refractivity contribution in [3.05, 3.63) is 110 Å². The van der Waals surface area contributed by atoms with Crippen molar-refractivity contribution in [2.75, 3.05) is 0 Å². The summed E-state index contributed by atoms with van der Waals surface area (Å²) in [6.07, 6.45) is 7.55. The van der Waals surface area contributed by atoms with Gasteiger partial charge in [-0.25, -0.2) is 0 Å². The Kier molecular flexibility index (Phi) is 5.66. The van der Waals surface area contributed by atoms with Gasteiger partial charge in [-0.15, -0.1) is 0 Å². The quantitative estimate of drug-likeness (QED) is 0.316. The summed E-state index contributed by atoms with van der Waals surface area (Å²) in [5.41, 5.74) is 3.55. The molecule has 0 aliphatic carbocycles. The zero-order valence-electron chi connectivity index (χ0n) is 21.7. The lowest BCUT2D eigenvalue weighted by Crippen LogP contribution is -2.54. The predicted molar refractivity (Wildman–Crippen MR) is 161 cm³/mol. The summed E-state index contributed by atoms with van der Waals surface area (Å²) in [5.74, 6) is 0. The molecule has 0 aliphatic rings. The third-order valence-corrected chi connectivity index (χ3v) is 14.4. The molecule has 0 aliphatic heterocycles. The maximum absolute atomic E-state index is 4.75. The number of aromatic nitrogens is 4. The molecule has 4 nitrogen and oxygen atoms in total. The molecule has 0 radical (unpaired) electrons. The van der Waals surface area contributed by atoms with Gasteiger partial charge < -0.3 is 4.57 Å². The molecule has 2 aromatic carbocycles. The van der Waals surface area contributed by atoms with Crippen LogP contribution in [-0.4, -0.2) is 35.7 Å². The number of benzene rings is 2. The fourth-order valence-corrected chi connectivity index (χ4v) is 9.76. The third kappa shape index (κ3) is 3.93. The van der Waals surface area contributed by atoms with E-state index < -0.39 is 16.1 Å². The second-order valence-electron chi connectivity index (χ2n) is 10.7. The van der Waals surface area contributed by atoms with Crippen LogP contribution in [-0.2, 0) is 0 Å². The summed E-state index contributed by atoms with van der Waals surface area (Å²) >= 11 is 0. The fourth-order valence-electron chi connectivity index (χ4n) is 5.33. The van der Waals surface area contributed by atoms with Crippen molar-refractivity contribution in [2.45, 2.75) is 26.2 Å². The lowest BCUT2D eigenvalue weighted by molar-refractivity contribution is 1.16. The molecule has 6 heteroatoms. The van der Waals surface area contributed by atoms with Gasteiger partial charge in [0.05, 0.1) is 11.0 Å². The highest BCUT2D eigenvalue weighted by Crippen LogP contribution is 2.31. The van der Waals surface area contributed by atoms with Crippen LogP contribution in [0.3, 0.4) is 0 Å². The van der Waals surface area contributed by atoms with E-state index >= 15 is 0 Å². The summed E-state index contributed by atoms with van der Waals surface area (Å²) in [7, 11) is -3.93. The van der Waals surface area contributed by atoms with Crippen molar-refractivity contribution in [3.8, 4) is 5.69 Å². The van der Waals surface area contributed by atoms with Crippen LogP contribution in [0, 0.1) is 0 Å². The summed E-state index contributed by atoms with van der Waals surface area (Å²) in [6.45, 7) is 9.56. The SMILES string of the molecule is C[Si](C)(c1ccc2c(c1)c1cc([Si](C)(C)c3ccccn3)ccc1n2-c1ccncc1)c1ccccn1. The molecule has 6 rings (SSSR count). The van der Waals surface area contributed by atoms with Crippen LogP contribution >= 0.6 is 0 Å². The van der Waals surface area contributed by atoms with Crippen molar-refractivity contribution in [1.29, 1.82) is 0 Å². The predicted octanol–water partition coefficient (Wildman–Crippen LogP) is 4.61. The first kappa shape index (κ1) is 23.5. The van der Waals surface area contributed by atoms with E-state index in [-0.39, 0.29) is 0 Å². The molecule has 6 aromatic rings. The zero-order chi connectivity index (χ0) is 25.6. The lowest BCUT2D eigenvalue weighted by Gasteiger charge is -2.23. The minimum Gasteiger partial charge on any atom is -0.309 e. The van der Waals surface area contributed by atoms with E-state index in [1.165, 1.54) is 42.8 Å². The van der Waals surface area contributed by atoms with Crippen LogP contribution < -0.4 is 21.0 Å². The van der Waals surface area contributed by atoms with Gasteiger partial charge in [-0.05, 0) is 48.5 Å². The minimum atomic E-state index is -1.96. The zero-order valence-corrected chi connectivity index (χ0v) is 23.7. The molecule has 0 saturated heterocycles. The van der Waals surface area contributed by atoms with Crippen molar-refractivity contribution in [1.82, 2.24) is 19.5 Å². The minimum absolute atomic E-state index is 1.12. The number of pyridine rings is 3. The lowest BCUT2D eigenvalue weighted by atomic mass is 10.1. The topological polar surface area (TPSA) is 43.6 Å². The number of hydrogen-bond acceptors (Lipinski definition) is 3. The van der Waals surface area contributed by atoms with Gasteiger partial charge in [-0.1, -0.05) is 73.0 Å². The van der Waals surface area contributed by atoms with E-state index in [1.807, 2.05) is 36.9 Å². The third-order valence-electron chi connectivity index (χ3n) is 7.74. The van der Waals surface area contributed by atoms with Crippen molar-refractivity contribution in [2.24, 2.45) is 0 Å². The summed E-state index contributed by atoms with van der Waals surface area (Å²) < 4.78 is 2.37. The van der Waals surface area contributed by atoms with E-state index in [1.54, 1.807) is 0 Å². The molecule has 0 spiro atoms. The molecule has 182 valence electrons. The fraction of sp³-hybridized carbons (Fsp3) is 0.129. The van der Waals surface area contributed by atoms with Gasteiger partial charge in [0.2, 0.25) is 0 Å². The standard InChI is InChI=1S/C31H30N4Si2/c1-36(2,30-9-5-7-17-33-30)24-11-13-28-26(21-24)27-22-25(37(3,4)31-10-6-8-18-34-31)12-14-29(27)35(28)23-15-19-32-20-16-23/h5-22H,1-4H3. The van der Waals surface area contributed by atoms with Gasteiger partial charge in [0.25, 0.3) is 0 Å². The normalized spacial score (nSPS) is 12.3. The second kappa shape index (κ2) is 8.90. The summed E-state index contributed by atoms with van der Waals surface area (Å²) in [5, 5.41) is 7.76. The monoisotopic (exact) mass is 514 g/mol. The van der Waals surface area contributed by atoms with Gasteiger partial charge in [-0.3, -0.25) is 15.0 Å². The van der Waals surface area contributed by atoms with Crippen LogP contribution in [0.25, 0.3) is 27.5 Å². The van der Waals surface area contributed by atoms with E-state index in [0.29, 0.717) is 0 Å². The Morgan fingerprint density at radius 1 is 0.541 bits per heavy atom. The molecule has 0 amide bonds. The molecule has 0 fully saturated rings. The Morgan fingerprint density at radius 2 is 1.03 bits per heavy atom. The number of nitrogens with zero attached hydrogens (tertiary/aromatic N) is 4. The molecule has 0 N–H and O–H groups in total. The Balaban J connectivity index is 1.62. The Bertz CT molecular complexity index is 1600. The van der Waals surface area contributed by atoms with E-state index in [9.17, 15) is 0 Å². The average molecular weight is 515 g/mol. The molecule has 0 saturated carbocycles. The summed E-state index contributed by atoms with van der Waals surface area (Å²) in [4.78, 5) is 13.8. The molecule has 37 heavy (non-hydrogen) atoms. The van der Waals surface area contributed by atoms with E-state index in [4.69, 9.17) is 9.97 Å². The Hall–Kier alpha value is -3.88. The molecule has 0 atom stereocenters. The first-order chi connectivity index (χ1) is 17.9. The number of hydrogen-bond donors (Lipinski definition) is 0. The van der Waals surface area contributed by atoms with Gasteiger partial charge in [0.15, 0.2) is 0 Å². The number of rotatable bonds is 5. The van der Waals surface area contributed by atoms with Crippen LogP contribution in [0.4, 0.5) is 0 Å². The van der Waals surface area contributed by atoms with Gasteiger partial charge in [0, 0.05) is 51.9 Å². The highest BCUT2D eigenvalue weighted by molar-refractivity contribution is 7.00. The van der Waals surface area contributed by atoms with Gasteiger partial charge in [0.1, 0.15) is 16.1 Å². The molecule has 0 unspecified atom stereocenters. The van der Waals surface area contributed by atoms with Crippen LogP contribution in [0.1, 0.15) is 0 Å². The van der Waals surface area contributed by atoms with Crippen LogP contribution in [0.2, 0.25) is 26.2 Å². The van der Waals surface area contributed by atoms with Crippen molar-refractivity contribution < 1.29 is 0 Å². The van der Waals surface area contributed by atoms with Crippen molar-refractivity contribution >= 4 is 59.0 Å². The molecular formula is C31H30N4Si2. The van der Waals surface area contributed by atoms with Gasteiger partial charge in [-0.2, -0.15) is 0 Å². The molecule has 0 bridgehead atoms. The Labute approximate surface area is 219 Å². The maximum atomic E-state index is 4.75. The average Bonchev–Trinajstić information content (AvgIpc) is 3.27.